The number of carbonyl (C=O) groups excluding carboxylic acids is 1. The molecule has 1 aliphatic rings. The van der Waals surface area contributed by atoms with Gasteiger partial charge in [-0.3, -0.25) is 9.20 Å². The maximum absolute atomic E-state index is 11.8. The summed E-state index contributed by atoms with van der Waals surface area (Å²) in [6.07, 6.45) is 6.72. The second-order valence-electron chi connectivity index (χ2n) is 6.23. The Labute approximate surface area is 140 Å². The number of hydrogen-bond acceptors (Lipinski definition) is 3. The molecule has 23 heavy (non-hydrogen) atoms. The van der Waals surface area contributed by atoms with Crippen molar-refractivity contribution < 1.29 is 4.79 Å². The number of carbonyl (C=O) groups is 1. The molecule has 0 atom stereocenters. The number of aldehydes is 1. The number of aryl methyl sites for hydroxylation is 4. The molecule has 1 aromatic carbocycles. The third-order valence-electron chi connectivity index (χ3n) is 4.87. The van der Waals surface area contributed by atoms with Gasteiger partial charge in [0.05, 0.1) is 0 Å². The first kappa shape index (κ1) is 14.6. The fourth-order valence-corrected chi connectivity index (χ4v) is 4.77. The van der Waals surface area contributed by atoms with Gasteiger partial charge in [0, 0.05) is 16.1 Å². The van der Waals surface area contributed by atoms with Crippen molar-refractivity contribution in [2.24, 2.45) is 0 Å². The van der Waals surface area contributed by atoms with Gasteiger partial charge in [-0.05, 0) is 56.2 Å². The molecule has 2 aromatic heterocycles. The minimum Gasteiger partial charge on any atom is -0.296 e. The summed E-state index contributed by atoms with van der Waals surface area (Å²) in [4.78, 5) is 18.7. The largest absolute Gasteiger partial charge is 0.296 e. The van der Waals surface area contributed by atoms with Crippen molar-refractivity contribution in [1.29, 1.82) is 0 Å². The van der Waals surface area contributed by atoms with E-state index in [1.165, 1.54) is 41.0 Å². The second-order valence-corrected chi connectivity index (χ2v) is 7.41. The van der Waals surface area contributed by atoms with E-state index in [1.807, 2.05) is 4.40 Å². The van der Waals surface area contributed by atoms with Crippen LogP contribution in [0.1, 0.15) is 52.0 Å². The number of benzene rings is 1. The fourth-order valence-electron chi connectivity index (χ4n) is 3.70. The molecule has 4 rings (SSSR count). The Morgan fingerprint density at radius 3 is 2.78 bits per heavy atom. The van der Waals surface area contributed by atoms with Crippen LogP contribution in [0.4, 0.5) is 0 Å². The SMILES string of the molecule is CCc1c(C)sc2nc(-c3ccc4c(c3)CCCC4)c(C=O)n12. The summed E-state index contributed by atoms with van der Waals surface area (Å²) in [6, 6.07) is 6.59. The quantitative estimate of drug-likeness (QED) is 0.659. The Kier molecular flexibility index (Phi) is 3.57. The van der Waals surface area contributed by atoms with Gasteiger partial charge in [0.25, 0.3) is 0 Å². The van der Waals surface area contributed by atoms with Gasteiger partial charge in [-0.15, -0.1) is 11.3 Å². The van der Waals surface area contributed by atoms with Crippen LogP contribution in [0, 0.1) is 6.92 Å². The lowest BCUT2D eigenvalue weighted by Crippen LogP contribution is -2.03. The van der Waals surface area contributed by atoms with Crippen molar-refractivity contribution >= 4 is 22.6 Å². The summed E-state index contributed by atoms with van der Waals surface area (Å²) in [5.74, 6) is 0. The van der Waals surface area contributed by atoms with E-state index in [1.54, 1.807) is 11.3 Å². The lowest BCUT2D eigenvalue weighted by atomic mass is 9.90. The van der Waals surface area contributed by atoms with Crippen LogP contribution < -0.4 is 0 Å². The van der Waals surface area contributed by atoms with Crippen LogP contribution in [0.25, 0.3) is 16.2 Å². The van der Waals surface area contributed by atoms with Crippen LogP contribution >= 0.6 is 11.3 Å². The van der Waals surface area contributed by atoms with Gasteiger partial charge >= 0.3 is 0 Å². The number of fused-ring (bicyclic) bond motifs is 2. The zero-order valence-corrected chi connectivity index (χ0v) is 14.4. The maximum Gasteiger partial charge on any atom is 0.195 e. The van der Waals surface area contributed by atoms with Crippen molar-refractivity contribution in [1.82, 2.24) is 9.38 Å². The summed E-state index contributed by atoms with van der Waals surface area (Å²) < 4.78 is 2.04. The summed E-state index contributed by atoms with van der Waals surface area (Å²) in [7, 11) is 0. The van der Waals surface area contributed by atoms with Crippen molar-refractivity contribution in [2.45, 2.75) is 46.0 Å². The number of aromatic nitrogens is 2. The Hall–Kier alpha value is -1.94. The molecule has 118 valence electrons. The van der Waals surface area contributed by atoms with Crippen molar-refractivity contribution in [3.63, 3.8) is 0 Å². The Bertz CT molecular complexity index is 904. The first-order valence-corrected chi connectivity index (χ1v) is 9.12. The molecule has 3 nitrogen and oxygen atoms in total. The first-order chi connectivity index (χ1) is 11.2. The molecule has 0 aliphatic heterocycles. The molecule has 4 heteroatoms. The van der Waals surface area contributed by atoms with Crippen LogP contribution in [0.2, 0.25) is 0 Å². The average Bonchev–Trinajstić information content (AvgIpc) is 3.08. The van der Waals surface area contributed by atoms with E-state index in [0.717, 1.165) is 35.3 Å². The molecular weight excluding hydrogens is 304 g/mol. The predicted octanol–water partition coefficient (Wildman–Crippen LogP) is 4.62. The van der Waals surface area contributed by atoms with Gasteiger partial charge in [-0.2, -0.15) is 0 Å². The first-order valence-electron chi connectivity index (χ1n) is 8.31. The monoisotopic (exact) mass is 324 g/mol. The zero-order valence-electron chi connectivity index (χ0n) is 13.6. The normalized spacial score (nSPS) is 14.2. The molecule has 0 unspecified atom stereocenters. The zero-order chi connectivity index (χ0) is 16.0. The van der Waals surface area contributed by atoms with Crippen molar-refractivity contribution in [3.05, 3.63) is 45.6 Å². The highest BCUT2D eigenvalue weighted by Gasteiger charge is 2.20. The molecule has 0 saturated carbocycles. The van der Waals surface area contributed by atoms with Gasteiger partial charge in [0.1, 0.15) is 11.4 Å². The molecular formula is C19H20N2OS. The minimum atomic E-state index is 0.692. The Balaban J connectivity index is 1.92. The van der Waals surface area contributed by atoms with Crippen molar-refractivity contribution in [2.75, 3.05) is 0 Å². The standard InChI is InChI=1S/C19H20N2OS/c1-3-16-12(2)23-19-20-18(17(11-22)21(16)19)15-9-8-13-6-4-5-7-14(13)10-15/h8-11H,3-7H2,1-2H3. The Morgan fingerprint density at radius 1 is 1.26 bits per heavy atom. The highest BCUT2D eigenvalue weighted by Crippen LogP contribution is 2.32. The highest BCUT2D eigenvalue weighted by molar-refractivity contribution is 7.17. The average molecular weight is 324 g/mol. The topological polar surface area (TPSA) is 34.4 Å². The summed E-state index contributed by atoms with van der Waals surface area (Å²) >= 11 is 1.67. The molecule has 3 aromatic rings. The van der Waals surface area contributed by atoms with Gasteiger partial charge in [-0.1, -0.05) is 19.1 Å². The lowest BCUT2D eigenvalue weighted by Gasteiger charge is -2.16. The van der Waals surface area contributed by atoms with E-state index >= 15 is 0 Å². The van der Waals surface area contributed by atoms with E-state index in [-0.39, 0.29) is 0 Å². The highest BCUT2D eigenvalue weighted by atomic mass is 32.1. The number of nitrogens with zero attached hydrogens (tertiary/aromatic N) is 2. The van der Waals surface area contributed by atoms with E-state index in [2.05, 4.69) is 32.0 Å². The minimum absolute atomic E-state index is 0.692. The molecule has 0 amide bonds. The van der Waals surface area contributed by atoms with Crippen LogP contribution in [0.5, 0.6) is 0 Å². The van der Waals surface area contributed by atoms with Gasteiger partial charge in [-0.25, -0.2) is 4.98 Å². The predicted molar refractivity (Wildman–Crippen MR) is 94.6 cm³/mol. The molecule has 0 fully saturated rings. The number of rotatable bonds is 3. The number of imidazole rings is 1. The summed E-state index contributed by atoms with van der Waals surface area (Å²) in [6.45, 7) is 4.23. The molecule has 0 bridgehead atoms. The molecule has 2 heterocycles. The van der Waals surface area contributed by atoms with Crippen LogP contribution in [-0.2, 0) is 19.3 Å². The number of hydrogen-bond donors (Lipinski definition) is 0. The van der Waals surface area contributed by atoms with Crippen LogP contribution in [0.3, 0.4) is 0 Å². The van der Waals surface area contributed by atoms with Gasteiger partial charge in [0.2, 0.25) is 0 Å². The van der Waals surface area contributed by atoms with Gasteiger partial charge in [0.15, 0.2) is 11.2 Å². The number of thiazole rings is 1. The van der Waals surface area contributed by atoms with E-state index in [0.29, 0.717) is 5.69 Å². The second kappa shape index (κ2) is 5.60. The molecule has 0 spiro atoms. The molecule has 1 aliphatic carbocycles. The fraction of sp³-hybridized carbons (Fsp3) is 0.368. The van der Waals surface area contributed by atoms with E-state index in [4.69, 9.17) is 4.98 Å². The Morgan fingerprint density at radius 2 is 2.04 bits per heavy atom. The molecule has 0 N–H and O–H groups in total. The molecule has 0 radical (unpaired) electrons. The third-order valence-corrected chi connectivity index (χ3v) is 5.87. The summed E-state index contributed by atoms with van der Waals surface area (Å²) in [5, 5.41) is 0. The smallest absolute Gasteiger partial charge is 0.195 e. The molecule has 0 saturated heterocycles. The maximum atomic E-state index is 11.8. The van der Waals surface area contributed by atoms with E-state index < -0.39 is 0 Å². The van der Waals surface area contributed by atoms with Crippen molar-refractivity contribution in [3.8, 4) is 11.3 Å². The summed E-state index contributed by atoms with van der Waals surface area (Å²) in [5.41, 5.74) is 6.67. The lowest BCUT2D eigenvalue weighted by molar-refractivity contribution is 0.111. The van der Waals surface area contributed by atoms with Gasteiger partial charge < -0.3 is 0 Å². The third kappa shape index (κ3) is 2.24. The van der Waals surface area contributed by atoms with Crippen LogP contribution in [0.15, 0.2) is 18.2 Å². The van der Waals surface area contributed by atoms with E-state index in [9.17, 15) is 4.79 Å². The van der Waals surface area contributed by atoms with Crippen LogP contribution in [-0.4, -0.2) is 15.7 Å².